The van der Waals surface area contributed by atoms with E-state index >= 15 is 0 Å². The fourth-order valence-electron chi connectivity index (χ4n) is 6.46. The molecule has 1 aromatic heterocycles. The Bertz CT molecular complexity index is 1290. The van der Waals surface area contributed by atoms with Gasteiger partial charge in [-0.25, -0.2) is 0 Å². The van der Waals surface area contributed by atoms with Gasteiger partial charge in [-0.3, -0.25) is 9.59 Å². The first-order chi connectivity index (χ1) is 15.7. The zero-order chi connectivity index (χ0) is 21.4. The Morgan fingerprint density at radius 2 is 1.53 bits per heavy atom. The molecule has 4 aliphatic carbocycles. The minimum Gasteiger partial charge on any atom is -0.342 e. The highest BCUT2D eigenvalue weighted by molar-refractivity contribution is 6.07. The molecule has 3 fully saturated rings. The summed E-state index contributed by atoms with van der Waals surface area (Å²) >= 11 is 0. The summed E-state index contributed by atoms with van der Waals surface area (Å²) in [6, 6.07) is 18.5. The van der Waals surface area contributed by atoms with Crippen LogP contribution in [0.25, 0.3) is 10.9 Å². The monoisotopic (exact) mass is 421 g/mol. The number of imide groups is 1. The minimum absolute atomic E-state index is 0.117. The summed E-state index contributed by atoms with van der Waals surface area (Å²) in [5, 5.41) is 6.68. The lowest BCUT2D eigenvalue weighted by Crippen LogP contribution is -2.40. The van der Waals surface area contributed by atoms with Crippen LogP contribution in [0.1, 0.15) is 17.5 Å². The predicted molar refractivity (Wildman–Crippen MR) is 122 cm³/mol. The maximum Gasteiger partial charge on any atom is 0.254 e. The SMILES string of the molecule is O=C1C2C3C=CC(C4CC34)C2C(=O)N1/N=C/c1cn(Cc2ccccc2)c2ccccc12. The molecule has 5 aliphatic rings. The first-order valence-electron chi connectivity index (χ1n) is 11.4. The molecule has 3 aromatic rings. The van der Waals surface area contributed by atoms with Crippen molar-refractivity contribution < 1.29 is 9.59 Å². The van der Waals surface area contributed by atoms with Crippen LogP contribution in [0.4, 0.5) is 0 Å². The van der Waals surface area contributed by atoms with Gasteiger partial charge in [-0.1, -0.05) is 60.7 Å². The molecule has 2 heterocycles. The topological polar surface area (TPSA) is 54.7 Å². The molecular weight excluding hydrogens is 398 g/mol. The lowest BCUT2D eigenvalue weighted by Gasteiger charge is -2.37. The fraction of sp³-hybridized carbons (Fsp3) is 0.296. The Labute approximate surface area is 186 Å². The predicted octanol–water partition coefficient (Wildman–Crippen LogP) is 4.08. The summed E-state index contributed by atoms with van der Waals surface area (Å²) in [6.45, 7) is 0.749. The van der Waals surface area contributed by atoms with Gasteiger partial charge in [0.05, 0.1) is 18.1 Å². The van der Waals surface area contributed by atoms with Gasteiger partial charge in [0.2, 0.25) is 0 Å². The molecule has 0 radical (unpaired) electrons. The largest absolute Gasteiger partial charge is 0.342 e. The van der Waals surface area contributed by atoms with E-state index in [1.807, 2.05) is 30.3 Å². The van der Waals surface area contributed by atoms with E-state index in [2.05, 4.69) is 52.3 Å². The number of para-hydroxylation sites is 1. The zero-order valence-corrected chi connectivity index (χ0v) is 17.5. The van der Waals surface area contributed by atoms with Gasteiger partial charge in [-0.2, -0.15) is 10.1 Å². The number of rotatable bonds is 4. The van der Waals surface area contributed by atoms with Crippen molar-refractivity contribution >= 4 is 28.9 Å². The standard InChI is InChI=1S/C27H23N3O2/c31-26-24-19-10-11-20(22-12-21(19)22)25(24)27(32)30(26)28-13-17-15-29(14-16-6-2-1-3-7-16)23-9-5-4-8-18(17)23/h1-11,13,15,19-22,24-25H,12,14H2/b28-13+. The van der Waals surface area contributed by atoms with E-state index in [0.29, 0.717) is 11.8 Å². The Morgan fingerprint density at radius 3 is 2.25 bits per heavy atom. The van der Waals surface area contributed by atoms with E-state index in [9.17, 15) is 9.59 Å². The quantitative estimate of drug-likeness (QED) is 0.362. The Hall–Kier alpha value is -3.47. The smallest absolute Gasteiger partial charge is 0.254 e. The molecule has 8 rings (SSSR count). The number of hydrazone groups is 1. The van der Waals surface area contributed by atoms with Crippen molar-refractivity contribution in [3.63, 3.8) is 0 Å². The van der Waals surface area contributed by atoms with Crippen LogP contribution in [0.2, 0.25) is 0 Å². The van der Waals surface area contributed by atoms with Crippen molar-refractivity contribution in [2.24, 2.45) is 40.6 Å². The average Bonchev–Trinajstić information content (AvgIpc) is 3.54. The maximum atomic E-state index is 13.2. The van der Waals surface area contributed by atoms with Crippen LogP contribution in [0.15, 0.2) is 78.0 Å². The van der Waals surface area contributed by atoms with Crippen LogP contribution in [0, 0.1) is 35.5 Å². The number of nitrogens with zero attached hydrogens (tertiary/aromatic N) is 3. The van der Waals surface area contributed by atoms with E-state index < -0.39 is 0 Å². The summed E-state index contributed by atoms with van der Waals surface area (Å²) in [4.78, 5) is 26.4. The van der Waals surface area contributed by atoms with Gasteiger partial charge in [0.15, 0.2) is 0 Å². The molecule has 6 atom stereocenters. The highest BCUT2D eigenvalue weighted by Crippen LogP contribution is 2.65. The molecular formula is C27H23N3O2. The summed E-state index contributed by atoms with van der Waals surface area (Å²) < 4.78 is 2.19. The zero-order valence-electron chi connectivity index (χ0n) is 17.5. The molecule has 158 valence electrons. The number of carbonyl (C=O) groups excluding carboxylic acids is 2. The van der Waals surface area contributed by atoms with Gasteiger partial charge in [-0.15, -0.1) is 0 Å². The molecule has 0 spiro atoms. The molecule has 6 unspecified atom stereocenters. The summed E-state index contributed by atoms with van der Waals surface area (Å²) in [7, 11) is 0. The highest BCUT2D eigenvalue weighted by atomic mass is 16.2. The molecule has 2 saturated carbocycles. The Morgan fingerprint density at radius 1 is 0.875 bits per heavy atom. The van der Waals surface area contributed by atoms with Crippen molar-refractivity contribution in [1.29, 1.82) is 0 Å². The molecule has 1 saturated heterocycles. The Balaban J connectivity index is 1.21. The number of fused-ring (bicyclic) bond motifs is 1. The van der Waals surface area contributed by atoms with Crippen LogP contribution in [0.3, 0.4) is 0 Å². The van der Waals surface area contributed by atoms with E-state index in [1.165, 1.54) is 12.0 Å². The summed E-state index contributed by atoms with van der Waals surface area (Å²) in [5.41, 5.74) is 3.23. The first kappa shape index (κ1) is 18.1. The van der Waals surface area contributed by atoms with Crippen LogP contribution in [0.5, 0.6) is 0 Å². The second kappa shape index (κ2) is 6.52. The molecule has 1 aliphatic heterocycles. The number of hydrogen-bond donors (Lipinski definition) is 0. The maximum absolute atomic E-state index is 13.2. The summed E-state index contributed by atoms with van der Waals surface area (Å²) in [5.74, 6) is 0.989. The van der Waals surface area contributed by atoms with Crippen LogP contribution in [-0.4, -0.2) is 27.6 Å². The normalized spacial score (nSPS) is 32.2. The third-order valence-corrected chi connectivity index (χ3v) is 7.97. The van der Waals surface area contributed by atoms with Crippen molar-refractivity contribution in [3.05, 3.63) is 84.1 Å². The van der Waals surface area contributed by atoms with Crippen molar-refractivity contribution in [2.75, 3.05) is 0 Å². The third kappa shape index (κ3) is 2.48. The van der Waals surface area contributed by atoms with E-state index in [-0.39, 0.29) is 35.5 Å². The number of aromatic nitrogens is 1. The average molecular weight is 422 g/mol. The molecule has 32 heavy (non-hydrogen) atoms. The first-order valence-corrected chi connectivity index (χ1v) is 11.4. The molecule has 2 aromatic carbocycles. The highest BCUT2D eigenvalue weighted by Gasteiger charge is 2.67. The van der Waals surface area contributed by atoms with Gasteiger partial charge in [-0.05, 0) is 41.7 Å². The van der Waals surface area contributed by atoms with Crippen molar-refractivity contribution in [3.8, 4) is 0 Å². The van der Waals surface area contributed by atoms with Crippen molar-refractivity contribution in [2.45, 2.75) is 13.0 Å². The number of amides is 2. The lowest BCUT2D eigenvalue weighted by molar-refractivity contribution is -0.140. The van der Waals surface area contributed by atoms with Crippen LogP contribution < -0.4 is 0 Å². The third-order valence-electron chi connectivity index (χ3n) is 7.97. The number of hydrogen-bond acceptors (Lipinski definition) is 3. The van der Waals surface area contributed by atoms with Crippen LogP contribution >= 0.6 is 0 Å². The van der Waals surface area contributed by atoms with Gasteiger partial charge >= 0.3 is 0 Å². The minimum atomic E-state index is -0.210. The van der Waals surface area contributed by atoms with E-state index in [4.69, 9.17) is 0 Å². The molecule has 0 N–H and O–H groups in total. The number of allylic oxidation sites excluding steroid dienone is 2. The summed E-state index contributed by atoms with van der Waals surface area (Å²) in [6.07, 6.45) is 9.29. The molecule has 2 bridgehead atoms. The molecule has 5 heteroatoms. The van der Waals surface area contributed by atoms with Crippen LogP contribution in [-0.2, 0) is 16.1 Å². The number of carbonyl (C=O) groups is 2. The fourth-order valence-corrected chi connectivity index (χ4v) is 6.46. The van der Waals surface area contributed by atoms with E-state index in [1.54, 1.807) is 6.21 Å². The molecule has 2 amide bonds. The van der Waals surface area contributed by atoms with Crippen molar-refractivity contribution in [1.82, 2.24) is 9.58 Å². The van der Waals surface area contributed by atoms with Gasteiger partial charge in [0.1, 0.15) is 0 Å². The second-order valence-electron chi connectivity index (χ2n) is 9.60. The Kier molecular flexibility index (Phi) is 3.69. The second-order valence-corrected chi connectivity index (χ2v) is 9.60. The lowest BCUT2D eigenvalue weighted by atomic mass is 9.63. The molecule has 5 nitrogen and oxygen atoms in total. The van der Waals surface area contributed by atoms with Gasteiger partial charge in [0, 0.05) is 29.2 Å². The van der Waals surface area contributed by atoms with Gasteiger partial charge < -0.3 is 4.57 Å². The van der Waals surface area contributed by atoms with Gasteiger partial charge in [0.25, 0.3) is 11.8 Å². The number of benzene rings is 2. The van der Waals surface area contributed by atoms with E-state index in [0.717, 1.165) is 28.0 Å².